The maximum absolute atomic E-state index is 14.2. The van der Waals surface area contributed by atoms with Crippen LogP contribution in [0.4, 0.5) is 10.1 Å². The standard InChI is InChI=1S/C22H14BrFN2O3S/c1-12-6-8-14(16(23)10-12)19-9-7-13(29-19)11-15-20(27)25-22(30)26(21(15)28)18-5-3-2-4-17(18)24/h2-11H,1H3,(H,25,27,30)/b15-11-. The van der Waals surface area contributed by atoms with Crippen molar-refractivity contribution in [2.24, 2.45) is 0 Å². The smallest absolute Gasteiger partial charge is 0.270 e. The summed E-state index contributed by atoms with van der Waals surface area (Å²) < 4.78 is 20.9. The van der Waals surface area contributed by atoms with Crippen LogP contribution in [0.1, 0.15) is 11.3 Å². The van der Waals surface area contributed by atoms with Gasteiger partial charge in [0.25, 0.3) is 11.8 Å². The molecule has 3 aromatic rings. The fourth-order valence-electron chi connectivity index (χ4n) is 3.05. The second-order valence-electron chi connectivity index (χ2n) is 6.59. The van der Waals surface area contributed by atoms with Crippen LogP contribution in [0, 0.1) is 12.7 Å². The Labute approximate surface area is 185 Å². The first-order valence-corrected chi connectivity index (χ1v) is 10.1. The topological polar surface area (TPSA) is 62.6 Å². The number of carbonyl (C=O) groups excluding carboxylic acids is 2. The highest BCUT2D eigenvalue weighted by atomic mass is 79.9. The van der Waals surface area contributed by atoms with E-state index in [1.54, 1.807) is 18.2 Å². The van der Waals surface area contributed by atoms with Gasteiger partial charge < -0.3 is 4.42 Å². The molecule has 0 saturated carbocycles. The lowest BCUT2D eigenvalue weighted by atomic mass is 10.1. The van der Waals surface area contributed by atoms with E-state index in [9.17, 15) is 14.0 Å². The van der Waals surface area contributed by atoms with Gasteiger partial charge in [-0.1, -0.05) is 34.1 Å². The number of furan rings is 1. The Morgan fingerprint density at radius 2 is 1.90 bits per heavy atom. The van der Waals surface area contributed by atoms with E-state index in [4.69, 9.17) is 16.6 Å². The van der Waals surface area contributed by atoms with Crippen molar-refractivity contribution in [3.63, 3.8) is 0 Å². The van der Waals surface area contributed by atoms with Crippen LogP contribution in [-0.4, -0.2) is 16.9 Å². The average Bonchev–Trinajstić information content (AvgIpc) is 3.15. The van der Waals surface area contributed by atoms with Crippen molar-refractivity contribution >= 4 is 56.8 Å². The largest absolute Gasteiger partial charge is 0.457 e. The first kappa shape index (κ1) is 20.2. The molecule has 0 radical (unpaired) electrons. The fraction of sp³-hybridized carbons (Fsp3) is 0.0455. The zero-order valence-electron chi connectivity index (χ0n) is 15.6. The molecule has 2 heterocycles. The Morgan fingerprint density at radius 1 is 1.13 bits per heavy atom. The molecule has 0 spiro atoms. The number of halogens is 2. The van der Waals surface area contributed by atoms with Crippen molar-refractivity contribution in [3.05, 3.63) is 81.8 Å². The van der Waals surface area contributed by atoms with Gasteiger partial charge in [0, 0.05) is 10.0 Å². The summed E-state index contributed by atoms with van der Waals surface area (Å²) in [5.41, 5.74) is 1.67. The van der Waals surface area contributed by atoms with Crippen LogP contribution >= 0.6 is 28.1 Å². The molecule has 0 aliphatic carbocycles. The predicted octanol–water partition coefficient (Wildman–Crippen LogP) is 4.99. The van der Waals surface area contributed by atoms with Gasteiger partial charge >= 0.3 is 0 Å². The third-order valence-corrected chi connectivity index (χ3v) is 5.44. The number of para-hydroxylation sites is 1. The van der Waals surface area contributed by atoms with Gasteiger partial charge in [0.2, 0.25) is 0 Å². The molecule has 0 bridgehead atoms. The molecule has 1 aliphatic heterocycles. The lowest BCUT2D eigenvalue weighted by molar-refractivity contribution is -0.122. The van der Waals surface area contributed by atoms with Gasteiger partial charge in [0.15, 0.2) is 5.11 Å². The molecule has 8 heteroatoms. The van der Waals surface area contributed by atoms with Crippen molar-refractivity contribution < 1.29 is 18.4 Å². The highest BCUT2D eigenvalue weighted by Gasteiger charge is 2.35. The molecule has 1 aromatic heterocycles. The summed E-state index contributed by atoms with van der Waals surface area (Å²) in [4.78, 5) is 26.3. The molecule has 4 rings (SSSR count). The van der Waals surface area contributed by atoms with Gasteiger partial charge in [-0.3, -0.25) is 14.9 Å². The van der Waals surface area contributed by atoms with E-state index in [0.717, 1.165) is 20.5 Å². The van der Waals surface area contributed by atoms with Crippen LogP contribution in [0.25, 0.3) is 17.4 Å². The number of nitrogens with zero attached hydrogens (tertiary/aromatic N) is 1. The van der Waals surface area contributed by atoms with Crippen LogP contribution < -0.4 is 10.2 Å². The number of anilines is 1. The van der Waals surface area contributed by atoms with Crippen molar-refractivity contribution in [3.8, 4) is 11.3 Å². The van der Waals surface area contributed by atoms with Gasteiger partial charge in [0.1, 0.15) is 22.9 Å². The number of hydrogen-bond donors (Lipinski definition) is 1. The highest BCUT2D eigenvalue weighted by Crippen LogP contribution is 2.31. The Balaban J connectivity index is 1.70. The summed E-state index contributed by atoms with van der Waals surface area (Å²) in [6.07, 6.45) is 1.32. The summed E-state index contributed by atoms with van der Waals surface area (Å²) in [7, 11) is 0. The number of rotatable bonds is 3. The minimum atomic E-state index is -0.733. The summed E-state index contributed by atoms with van der Waals surface area (Å²) in [5.74, 6) is -1.17. The lowest BCUT2D eigenvalue weighted by Crippen LogP contribution is -2.54. The van der Waals surface area contributed by atoms with E-state index >= 15 is 0 Å². The molecule has 30 heavy (non-hydrogen) atoms. The average molecular weight is 485 g/mol. The number of benzene rings is 2. The number of thiocarbonyl (C=S) groups is 1. The first-order chi connectivity index (χ1) is 14.3. The molecule has 0 atom stereocenters. The van der Waals surface area contributed by atoms with Gasteiger partial charge in [-0.2, -0.15) is 0 Å². The van der Waals surface area contributed by atoms with Gasteiger partial charge in [-0.25, -0.2) is 9.29 Å². The molecular formula is C22H14BrFN2O3S. The van der Waals surface area contributed by atoms with Crippen LogP contribution in [0.2, 0.25) is 0 Å². The number of carbonyl (C=O) groups is 2. The van der Waals surface area contributed by atoms with E-state index in [1.807, 2.05) is 25.1 Å². The summed E-state index contributed by atoms with van der Waals surface area (Å²) in [6, 6.07) is 14.9. The molecule has 1 aliphatic rings. The van der Waals surface area contributed by atoms with Crippen LogP contribution in [-0.2, 0) is 9.59 Å². The highest BCUT2D eigenvalue weighted by molar-refractivity contribution is 9.10. The van der Waals surface area contributed by atoms with Crippen LogP contribution in [0.3, 0.4) is 0 Å². The normalized spacial score (nSPS) is 15.6. The summed E-state index contributed by atoms with van der Waals surface area (Å²) in [6.45, 7) is 1.98. The Morgan fingerprint density at radius 3 is 2.63 bits per heavy atom. The molecule has 1 saturated heterocycles. The second-order valence-corrected chi connectivity index (χ2v) is 7.84. The fourth-order valence-corrected chi connectivity index (χ4v) is 4.01. The third-order valence-electron chi connectivity index (χ3n) is 4.50. The maximum Gasteiger partial charge on any atom is 0.270 e. The van der Waals surface area contributed by atoms with Crippen molar-refractivity contribution in [1.29, 1.82) is 0 Å². The zero-order valence-corrected chi connectivity index (χ0v) is 18.0. The van der Waals surface area contributed by atoms with E-state index in [0.29, 0.717) is 11.5 Å². The first-order valence-electron chi connectivity index (χ1n) is 8.87. The number of aryl methyl sites for hydroxylation is 1. The van der Waals surface area contributed by atoms with E-state index in [-0.39, 0.29) is 16.4 Å². The van der Waals surface area contributed by atoms with Crippen LogP contribution in [0.15, 0.2) is 69.1 Å². The minimum absolute atomic E-state index is 0.0397. The SMILES string of the molecule is Cc1ccc(-c2ccc(/C=C3/C(=O)NC(=S)N(c4ccccc4F)C3=O)o2)c(Br)c1. The Bertz CT molecular complexity index is 1230. The van der Waals surface area contributed by atoms with Crippen molar-refractivity contribution in [1.82, 2.24) is 5.32 Å². The van der Waals surface area contributed by atoms with Crippen LogP contribution in [0.5, 0.6) is 0 Å². The van der Waals surface area contributed by atoms with Gasteiger partial charge in [-0.15, -0.1) is 0 Å². The molecule has 5 nitrogen and oxygen atoms in total. The maximum atomic E-state index is 14.2. The summed E-state index contributed by atoms with van der Waals surface area (Å²) in [5, 5.41) is 2.24. The number of amides is 2. The Hall–Kier alpha value is -3.10. The molecule has 2 amide bonds. The molecule has 0 unspecified atom stereocenters. The van der Waals surface area contributed by atoms with E-state index in [1.165, 1.54) is 24.3 Å². The van der Waals surface area contributed by atoms with Crippen molar-refractivity contribution in [2.45, 2.75) is 6.92 Å². The third kappa shape index (κ3) is 3.71. The minimum Gasteiger partial charge on any atom is -0.457 e. The van der Waals surface area contributed by atoms with E-state index < -0.39 is 17.6 Å². The zero-order chi connectivity index (χ0) is 21.4. The molecule has 2 aromatic carbocycles. The number of nitrogens with one attached hydrogen (secondary N) is 1. The molecule has 1 fully saturated rings. The Kier molecular flexibility index (Phi) is 5.36. The monoisotopic (exact) mass is 484 g/mol. The molecular weight excluding hydrogens is 471 g/mol. The quantitative estimate of drug-likeness (QED) is 0.323. The van der Waals surface area contributed by atoms with Crippen molar-refractivity contribution in [2.75, 3.05) is 4.90 Å². The van der Waals surface area contributed by atoms with E-state index in [2.05, 4.69) is 21.2 Å². The number of hydrogen-bond acceptors (Lipinski definition) is 4. The van der Waals surface area contributed by atoms with Gasteiger partial charge in [-0.05, 0) is 67.2 Å². The second kappa shape index (κ2) is 7.97. The predicted molar refractivity (Wildman–Crippen MR) is 119 cm³/mol. The van der Waals surface area contributed by atoms with Gasteiger partial charge in [0.05, 0.1) is 5.69 Å². The molecule has 1 N–H and O–H groups in total. The molecule has 150 valence electrons. The summed E-state index contributed by atoms with van der Waals surface area (Å²) >= 11 is 8.59. The lowest BCUT2D eigenvalue weighted by Gasteiger charge is -2.28.